The summed E-state index contributed by atoms with van der Waals surface area (Å²) >= 11 is 0. The van der Waals surface area contributed by atoms with Gasteiger partial charge in [-0.1, -0.05) is 55.7 Å². The number of hydrogen-bond acceptors (Lipinski definition) is 2. The van der Waals surface area contributed by atoms with E-state index in [0.29, 0.717) is 12.0 Å². The molecule has 2 atom stereocenters. The maximum Gasteiger partial charge on any atom is 0.0375 e. The number of benzene rings is 1. The van der Waals surface area contributed by atoms with E-state index in [4.69, 9.17) is 0 Å². The summed E-state index contributed by atoms with van der Waals surface area (Å²) in [7, 11) is 0. The van der Waals surface area contributed by atoms with Crippen LogP contribution in [0.2, 0.25) is 0 Å². The molecule has 31 heavy (non-hydrogen) atoms. The maximum absolute atomic E-state index is 3.52. The van der Waals surface area contributed by atoms with Gasteiger partial charge in [-0.25, -0.2) is 0 Å². The van der Waals surface area contributed by atoms with Gasteiger partial charge in [-0.2, -0.15) is 0 Å². The normalized spacial score (nSPS) is 21.5. The van der Waals surface area contributed by atoms with E-state index in [9.17, 15) is 0 Å². The van der Waals surface area contributed by atoms with Crippen LogP contribution in [0.4, 0.5) is 0 Å². The predicted molar refractivity (Wildman–Crippen MR) is 135 cm³/mol. The van der Waals surface area contributed by atoms with Crippen LogP contribution in [0.5, 0.6) is 0 Å². The number of rotatable bonds is 11. The lowest BCUT2D eigenvalue weighted by molar-refractivity contribution is 0.628. The molecule has 0 bridgehead atoms. The number of hydrogen-bond donors (Lipinski definition) is 2. The van der Waals surface area contributed by atoms with Crippen LogP contribution in [0.1, 0.15) is 102 Å². The van der Waals surface area contributed by atoms with Gasteiger partial charge >= 0.3 is 0 Å². The molecule has 0 saturated carbocycles. The summed E-state index contributed by atoms with van der Waals surface area (Å²) in [4.78, 5) is 0. The molecule has 1 aromatic carbocycles. The van der Waals surface area contributed by atoms with E-state index < -0.39 is 0 Å². The van der Waals surface area contributed by atoms with Crippen LogP contribution in [0.3, 0.4) is 0 Å². The Bertz CT molecular complexity index is 799. The zero-order chi connectivity index (χ0) is 22.1. The van der Waals surface area contributed by atoms with Crippen molar-refractivity contribution in [2.75, 3.05) is 6.54 Å². The molecule has 170 valence electrons. The minimum absolute atomic E-state index is 0.585. The quantitative estimate of drug-likeness (QED) is 0.289. The highest BCUT2D eigenvalue weighted by atomic mass is 15.0. The summed E-state index contributed by atoms with van der Waals surface area (Å²) < 4.78 is 0. The Kier molecular flexibility index (Phi) is 9.31. The second-order valence-electron chi connectivity index (χ2n) is 9.80. The number of aryl methyl sites for hydroxylation is 2. The molecule has 0 spiro atoms. The molecule has 0 amide bonds. The van der Waals surface area contributed by atoms with E-state index >= 15 is 0 Å². The molecule has 2 N–H and O–H groups in total. The molecule has 2 aliphatic rings. The Morgan fingerprint density at radius 3 is 2.77 bits per heavy atom. The molecule has 2 unspecified atom stereocenters. The fraction of sp³-hybridized carbons (Fsp3) is 0.586. The maximum atomic E-state index is 3.52. The van der Waals surface area contributed by atoms with E-state index in [-0.39, 0.29) is 0 Å². The minimum atomic E-state index is 0.585. The van der Waals surface area contributed by atoms with Crippen LogP contribution in [-0.4, -0.2) is 12.6 Å². The summed E-state index contributed by atoms with van der Waals surface area (Å²) in [6.07, 6.45) is 19.5. The Balaban J connectivity index is 1.59. The van der Waals surface area contributed by atoms with Crippen LogP contribution < -0.4 is 10.6 Å². The molecule has 0 saturated heterocycles. The van der Waals surface area contributed by atoms with E-state index in [2.05, 4.69) is 74.9 Å². The zero-order valence-electron chi connectivity index (χ0n) is 20.4. The monoisotopic (exact) mass is 420 g/mol. The van der Waals surface area contributed by atoms with Crippen molar-refractivity contribution in [1.29, 1.82) is 0 Å². The van der Waals surface area contributed by atoms with Crippen molar-refractivity contribution in [2.45, 2.75) is 104 Å². The topological polar surface area (TPSA) is 24.1 Å². The summed E-state index contributed by atoms with van der Waals surface area (Å²) in [6, 6.07) is 7.95. The summed E-state index contributed by atoms with van der Waals surface area (Å²) in [6.45, 7) is 10.00. The Morgan fingerprint density at radius 2 is 2.03 bits per heavy atom. The zero-order valence-corrected chi connectivity index (χ0v) is 20.4. The standard InChI is InChI=1S/C29H44N2/c1-5-6-7-12-25-15-16-29(26-14-10-11-22(2)18-26)27(20-25)13-8-9-17-30-21-28-19-23(3)31-24(28)4/h9,15-18,20,23,26,30-31H,5-8,10-14,19,21H2,1-4H3/b17-9+. The van der Waals surface area contributed by atoms with E-state index in [1.54, 1.807) is 16.7 Å². The number of nitrogens with one attached hydrogen (secondary N) is 2. The third-order valence-electron chi connectivity index (χ3n) is 6.93. The van der Waals surface area contributed by atoms with Crippen molar-refractivity contribution < 1.29 is 0 Å². The summed E-state index contributed by atoms with van der Waals surface area (Å²) in [5, 5.41) is 7.02. The van der Waals surface area contributed by atoms with Gasteiger partial charge in [-0.3, -0.25) is 0 Å². The number of allylic oxidation sites excluding steroid dienone is 4. The Morgan fingerprint density at radius 1 is 1.16 bits per heavy atom. The van der Waals surface area contributed by atoms with Gasteiger partial charge in [0, 0.05) is 24.2 Å². The molecule has 0 radical (unpaired) electrons. The minimum Gasteiger partial charge on any atom is -0.387 e. The molecule has 0 fully saturated rings. The Labute approximate surface area is 191 Å². The van der Waals surface area contributed by atoms with Gasteiger partial charge in [0.05, 0.1) is 0 Å². The van der Waals surface area contributed by atoms with Gasteiger partial charge in [0.2, 0.25) is 0 Å². The van der Waals surface area contributed by atoms with Crippen LogP contribution >= 0.6 is 0 Å². The van der Waals surface area contributed by atoms with Gasteiger partial charge in [0.25, 0.3) is 0 Å². The van der Waals surface area contributed by atoms with Crippen molar-refractivity contribution in [2.24, 2.45) is 0 Å². The van der Waals surface area contributed by atoms with Crippen LogP contribution in [-0.2, 0) is 12.8 Å². The van der Waals surface area contributed by atoms with Crippen molar-refractivity contribution in [3.63, 3.8) is 0 Å². The molecule has 1 aromatic rings. The lowest BCUT2D eigenvalue weighted by Gasteiger charge is -2.23. The van der Waals surface area contributed by atoms with Gasteiger partial charge in [0.15, 0.2) is 0 Å². The first-order chi connectivity index (χ1) is 15.1. The first kappa shape index (κ1) is 23.7. The molecule has 1 aliphatic carbocycles. The van der Waals surface area contributed by atoms with Crippen molar-refractivity contribution in [3.8, 4) is 0 Å². The summed E-state index contributed by atoms with van der Waals surface area (Å²) in [5.74, 6) is 0.613. The van der Waals surface area contributed by atoms with Gasteiger partial charge in [-0.15, -0.1) is 0 Å². The van der Waals surface area contributed by atoms with Gasteiger partial charge in [0.1, 0.15) is 0 Å². The van der Waals surface area contributed by atoms with Crippen LogP contribution in [0.15, 0.2) is 53.4 Å². The highest BCUT2D eigenvalue weighted by Gasteiger charge is 2.17. The van der Waals surface area contributed by atoms with E-state index in [1.807, 2.05) is 0 Å². The predicted octanol–water partition coefficient (Wildman–Crippen LogP) is 7.32. The van der Waals surface area contributed by atoms with Crippen LogP contribution in [0.25, 0.3) is 0 Å². The molecule has 2 nitrogen and oxygen atoms in total. The van der Waals surface area contributed by atoms with Gasteiger partial charge < -0.3 is 10.6 Å². The van der Waals surface area contributed by atoms with Crippen molar-refractivity contribution >= 4 is 0 Å². The SMILES string of the molecule is CCCCCc1ccc(C2C=C(C)CCC2)c(CC/C=C/NCC2=C(C)NC(C)C2)c1. The second kappa shape index (κ2) is 12.2. The smallest absolute Gasteiger partial charge is 0.0375 e. The first-order valence-corrected chi connectivity index (χ1v) is 12.7. The van der Waals surface area contributed by atoms with Gasteiger partial charge in [-0.05, 0) is 101 Å². The highest BCUT2D eigenvalue weighted by molar-refractivity contribution is 5.38. The second-order valence-corrected chi connectivity index (χ2v) is 9.80. The average Bonchev–Trinajstić information content (AvgIpc) is 3.07. The van der Waals surface area contributed by atoms with Crippen molar-refractivity contribution in [1.82, 2.24) is 10.6 Å². The van der Waals surface area contributed by atoms with E-state index in [1.165, 1.54) is 61.8 Å². The Hall–Kier alpha value is -1.96. The van der Waals surface area contributed by atoms with E-state index in [0.717, 1.165) is 25.8 Å². The molecule has 2 heteroatoms. The molecule has 0 aromatic heterocycles. The van der Waals surface area contributed by atoms with Crippen LogP contribution in [0, 0.1) is 0 Å². The average molecular weight is 421 g/mol. The molecular weight excluding hydrogens is 376 g/mol. The lowest BCUT2D eigenvalue weighted by Crippen LogP contribution is -2.16. The first-order valence-electron chi connectivity index (χ1n) is 12.7. The third-order valence-corrected chi connectivity index (χ3v) is 6.93. The highest BCUT2D eigenvalue weighted by Crippen LogP contribution is 2.34. The summed E-state index contributed by atoms with van der Waals surface area (Å²) in [5.41, 5.74) is 9.11. The fourth-order valence-corrected chi connectivity index (χ4v) is 5.17. The van der Waals surface area contributed by atoms with Crippen molar-refractivity contribution in [3.05, 3.63) is 70.1 Å². The largest absolute Gasteiger partial charge is 0.387 e. The molecule has 1 heterocycles. The molecule has 1 aliphatic heterocycles. The fourth-order valence-electron chi connectivity index (χ4n) is 5.17. The lowest BCUT2D eigenvalue weighted by atomic mass is 9.82. The number of unbranched alkanes of at least 4 members (excludes halogenated alkanes) is 2. The molecule has 3 rings (SSSR count). The third kappa shape index (κ3) is 7.30. The molecular formula is C29H44N2.